The van der Waals surface area contributed by atoms with Gasteiger partial charge in [0.05, 0.1) is 29.4 Å². The Morgan fingerprint density at radius 1 is 1.26 bits per heavy atom. The van der Waals surface area contributed by atoms with Crippen LogP contribution in [0.2, 0.25) is 0 Å². The molecule has 2 heterocycles. The van der Waals surface area contributed by atoms with Crippen LogP contribution in [0.15, 0.2) is 53.3 Å². The molecular weight excluding hydrogens is 419 g/mol. The van der Waals surface area contributed by atoms with E-state index in [9.17, 15) is 17.9 Å². The van der Waals surface area contributed by atoms with Crippen LogP contribution in [0, 0.1) is 11.2 Å². The first-order valence-electron chi connectivity index (χ1n) is 10.2. The second-order valence-corrected chi connectivity index (χ2v) is 10.6. The van der Waals surface area contributed by atoms with Gasteiger partial charge in [0.1, 0.15) is 5.82 Å². The average molecular weight is 443 g/mol. The topological polar surface area (TPSA) is 90.0 Å². The number of aliphatic hydroxyl groups is 1. The van der Waals surface area contributed by atoms with E-state index in [0.717, 1.165) is 22.5 Å². The van der Waals surface area contributed by atoms with Crippen molar-refractivity contribution in [3.63, 3.8) is 0 Å². The standard InChI is InChI=1S/C22H23FN4O3S/c1-26-9-8-21(25-26)31(29,30)19-7-2-16-10-20-15(11-22(16,12-19)14-28)13-24-27(20)18-5-3-17(23)4-6-18/h3-6,8-10,13,19,28H,2,7,11-12,14H2,1H3/t19-,22+/m0/s1. The molecule has 2 aliphatic carbocycles. The van der Waals surface area contributed by atoms with Crippen molar-refractivity contribution in [3.8, 4) is 5.69 Å². The van der Waals surface area contributed by atoms with Crippen molar-refractivity contribution >= 4 is 15.9 Å². The molecule has 1 aromatic carbocycles. The second-order valence-electron chi connectivity index (χ2n) is 8.47. The molecule has 0 saturated heterocycles. The Labute approximate surface area is 179 Å². The molecule has 2 atom stereocenters. The normalized spacial score (nSPS) is 23.2. The Kier molecular flexibility index (Phi) is 4.63. The lowest BCUT2D eigenvalue weighted by atomic mass is 9.65. The van der Waals surface area contributed by atoms with E-state index in [-0.39, 0.29) is 17.5 Å². The summed E-state index contributed by atoms with van der Waals surface area (Å²) in [5.41, 5.74) is 3.00. The van der Waals surface area contributed by atoms with Crippen LogP contribution in [0.1, 0.15) is 30.5 Å². The van der Waals surface area contributed by atoms with Crippen molar-refractivity contribution < 1.29 is 17.9 Å². The first kappa shape index (κ1) is 20.1. The van der Waals surface area contributed by atoms with Crippen LogP contribution in [-0.4, -0.2) is 44.9 Å². The summed E-state index contributed by atoms with van der Waals surface area (Å²) in [5.74, 6) is -0.310. The zero-order chi connectivity index (χ0) is 21.8. The number of rotatable bonds is 4. The Balaban J connectivity index is 1.50. The Morgan fingerprint density at radius 2 is 2.03 bits per heavy atom. The number of aliphatic hydroxyl groups excluding tert-OH is 1. The maximum Gasteiger partial charge on any atom is 0.200 e. The molecule has 0 unspecified atom stereocenters. The van der Waals surface area contributed by atoms with E-state index in [1.165, 1.54) is 22.9 Å². The predicted octanol–water partition coefficient (Wildman–Crippen LogP) is 2.69. The number of sulfone groups is 1. The van der Waals surface area contributed by atoms with Gasteiger partial charge in [0.2, 0.25) is 0 Å². The first-order chi connectivity index (χ1) is 14.8. The maximum absolute atomic E-state index is 13.3. The fourth-order valence-corrected chi connectivity index (χ4v) is 6.67. The number of halogens is 1. The highest BCUT2D eigenvalue weighted by Crippen LogP contribution is 2.49. The number of hydrogen-bond acceptors (Lipinski definition) is 5. The lowest BCUT2D eigenvalue weighted by Crippen LogP contribution is -2.42. The van der Waals surface area contributed by atoms with E-state index in [4.69, 9.17) is 0 Å². The van der Waals surface area contributed by atoms with Gasteiger partial charge in [0.15, 0.2) is 14.9 Å². The molecule has 0 bridgehead atoms. The number of aryl methyl sites for hydroxylation is 1. The van der Waals surface area contributed by atoms with Crippen molar-refractivity contribution in [2.75, 3.05) is 6.61 Å². The summed E-state index contributed by atoms with van der Waals surface area (Å²) in [6, 6.07) is 7.66. The van der Waals surface area contributed by atoms with Crippen LogP contribution in [0.5, 0.6) is 0 Å². The molecule has 0 amide bonds. The van der Waals surface area contributed by atoms with E-state index in [1.807, 2.05) is 6.08 Å². The van der Waals surface area contributed by atoms with Gasteiger partial charge >= 0.3 is 0 Å². The third-order valence-electron chi connectivity index (χ3n) is 6.55. The van der Waals surface area contributed by atoms with Gasteiger partial charge in [-0.05, 0) is 67.7 Å². The van der Waals surface area contributed by atoms with E-state index < -0.39 is 20.5 Å². The van der Waals surface area contributed by atoms with E-state index in [2.05, 4.69) is 10.2 Å². The zero-order valence-electron chi connectivity index (χ0n) is 17.1. The zero-order valence-corrected chi connectivity index (χ0v) is 17.9. The third-order valence-corrected chi connectivity index (χ3v) is 8.64. The van der Waals surface area contributed by atoms with Gasteiger partial charge in [-0.3, -0.25) is 4.68 Å². The van der Waals surface area contributed by atoms with Crippen LogP contribution < -0.4 is 0 Å². The molecular formula is C22H23FN4O3S. The summed E-state index contributed by atoms with van der Waals surface area (Å²) in [6.45, 7) is -0.131. The Morgan fingerprint density at radius 3 is 2.71 bits per heavy atom. The largest absolute Gasteiger partial charge is 0.395 e. The van der Waals surface area contributed by atoms with Crippen molar-refractivity contribution in [1.29, 1.82) is 0 Å². The minimum atomic E-state index is -3.59. The molecule has 162 valence electrons. The third kappa shape index (κ3) is 3.23. The van der Waals surface area contributed by atoms with Gasteiger partial charge in [-0.15, -0.1) is 0 Å². The predicted molar refractivity (Wildman–Crippen MR) is 113 cm³/mol. The minimum absolute atomic E-state index is 0.0844. The number of aromatic nitrogens is 4. The molecule has 3 aromatic rings. The highest BCUT2D eigenvalue weighted by Gasteiger charge is 2.47. The SMILES string of the molecule is Cn1ccc(S(=O)(=O)[C@H]2CCC3=Cc4c(cnn4-c4ccc(F)cc4)C[C@]3(CO)C2)n1. The van der Waals surface area contributed by atoms with Gasteiger partial charge in [-0.2, -0.15) is 10.2 Å². The monoisotopic (exact) mass is 442 g/mol. The second kappa shape index (κ2) is 7.13. The summed E-state index contributed by atoms with van der Waals surface area (Å²) in [6.07, 6.45) is 7.31. The molecule has 2 aromatic heterocycles. The quantitative estimate of drug-likeness (QED) is 0.671. The molecule has 7 nitrogen and oxygen atoms in total. The summed E-state index contributed by atoms with van der Waals surface area (Å²) >= 11 is 0. The fourth-order valence-electron chi connectivity index (χ4n) is 4.86. The summed E-state index contributed by atoms with van der Waals surface area (Å²) in [4.78, 5) is 0. The first-order valence-corrected chi connectivity index (χ1v) is 11.8. The molecule has 0 radical (unpaired) electrons. The highest BCUT2D eigenvalue weighted by atomic mass is 32.2. The molecule has 31 heavy (non-hydrogen) atoms. The van der Waals surface area contributed by atoms with Crippen LogP contribution in [-0.2, 0) is 23.3 Å². The minimum Gasteiger partial charge on any atom is -0.395 e. The summed E-state index contributed by atoms with van der Waals surface area (Å²) in [5, 5.41) is 18.5. The molecule has 1 saturated carbocycles. The van der Waals surface area contributed by atoms with Gasteiger partial charge < -0.3 is 5.11 Å². The highest BCUT2D eigenvalue weighted by molar-refractivity contribution is 7.92. The van der Waals surface area contributed by atoms with Crippen molar-refractivity contribution in [2.45, 2.75) is 36.0 Å². The van der Waals surface area contributed by atoms with E-state index in [0.29, 0.717) is 25.7 Å². The molecule has 9 heteroatoms. The van der Waals surface area contributed by atoms with Gasteiger partial charge in [-0.1, -0.05) is 5.57 Å². The molecule has 0 aliphatic heterocycles. The van der Waals surface area contributed by atoms with Crippen LogP contribution in [0.4, 0.5) is 4.39 Å². The molecule has 5 rings (SSSR count). The van der Waals surface area contributed by atoms with Gasteiger partial charge in [0.25, 0.3) is 0 Å². The fraction of sp³-hybridized carbons (Fsp3) is 0.364. The number of benzene rings is 1. The van der Waals surface area contributed by atoms with E-state index >= 15 is 0 Å². The average Bonchev–Trinajstić information content (AvgIpc) is 3.38. The molecule has 1 fully saturated rings. The Bertz CT molecular complexity index is 1280. The van der Waals surface area contributed by atoms with Crippen LogP contribution in [0.3, 0.4) is 0 Å². The Hall–Kier alpha value is -2.78. The number of nitrogens with zero attached hydrogens (tertiary/aromatic N) is 4. The van der Waals surface area contributed by atoms with Crippen molar-refractivity contribution in [1.82, 2.24) is 19.6 Å². The maximum atomic E-state index is 13.3. The molecule has 0 spiro atoms. The van der Waals surface area contributed by atoms with Crippen LogP contribution in [0.25, 0.3) is 11.8 Å². The summed E-state index contributed by atoms with van der Waals surface area (Å²) in [7, 11) is -1.89. The van der Waals surface area contributed by atoms with Crippen LogP contribution >= 0.6 is 0 Å². The molecule has 1 N–H and O–H groups in total. The number of hydrogen-bond donors (Lipinski definition) is 1. The van der Waals surface area contributed by atoms with E-state index in [1.54, 1.807) is 36.3 Å². The molecule has 2 aliphatic rings. The summed E-state index contributed by atoms with van der Waals surface area (Å²) < 4.78 is 42.9. The van der Waals surface area contributed by atoms with Crippen molar-refractivity contribution in [2.24, 2.45) is 12.5 Å². The van der Waals surface area contributed by atoms with Gasteiger partial charge in [-0.25, -0.2) is 17.5 Å². The number of fused-ring (bicyclic) bond motifs is 2. The van der Waals surface area contributed by atoms with Crippen molar-refractivity contribution in [3.05, 3.63) is 65.4 Å². The lowest BCUT2D eigenvalue weighted by Gasteiger charge is -2.43. The lowest BCUT2D eigenvalue weighted by molar-refractivity contribution is 0.130. The van der Waals surface area contributed by atoms with Gasteiger partial charge in [0, 0.05) is 18.7 Å². The smallest absolute Gasteiger partial charge is 0.200 e.